The number of benzene rings is 2. The number of rotatable bonds is 5. The number of amides is 1. The molecule has 3 aromatic rings. The third-order valence-electron chi connectivity index (χ3n) is 5.14. The second-order valence-corrected chi connectivity index (χ2v) is 8.07. The number of aromatic hydroxyl groups is 1. The maximum Gasteiger partial charge on any atom is 0.233 e. The van der Waals surface area contributed by atoms with Crippen LogP contribution < -0.4 is 0 Å². The molecule has 0 bridgehead atoms. The van der Waals surface area contributed by atoms with Crippen molar-refractivity contribution in [3.63, 3.8) is 0 Å². The lowest BCUT2D eigenvalue weighted by Crippen LogP contribution is -2.30. The van der Waals surface area contributed by atoms with Gasteiger partial charge in [-0.25, -0.2) is 4.68 Å². The van der Waals surface area contributed by atoms with Crippen molar-refractivity contribution >= 4 is 17.7 Å². The fourth-order valence-electron chi connectivity index (χ4n) is 3.68. The van der Waals surface area contributed by atoms with Gasteiger partial charge in [0.15, 0.2) is 0 Å². The van der Waals surface area contributed by atoms with Crippen LogP contribution in [-0.2, 0) is 11.2 Å². The number of carbonyl (C=O) groups is 1. The third-order valence-corrected chi connectivity index (χ3v) is 6.36. The number of thioether (sulfide) groups is 1. The van der Waals surface area contributed by atoms with Crippen molar-refractivity contribution in [2.24, 2.45) is 0 Å². The summed E-state index contributed by atoms with van der Waals surface area (Å²) in [4.78, 5) is 14.5. The number of aryl methyl sites for hydroxylation is 1. The molecular formula is C22H23N3O2S. The number of carbonyl (C=O) groups excluding carboxylic acids is 1. The molecule has 1 aromatic heterocycles. The zero-order chi connectivity index (χ0) is 19.7. The zero-order valence-electron chi connectivity index (χ0n) is 16.0. The number of phenols is 1. The summed E-state index contributed by atoms with van der Waals surface area (Å²) in [6.45, 7) is 4.74. The van der Waals surface area contributed by atoms with Crippen LogP contribution in [0.3, 0.4) is 0 Å². The molecule has 1 unspecified atom stereocenters. The third kappa shape index (κ3) is 3.52. The molecule has 6 heteroatoms. The summed E-state index contributed by atoms with van der Waals surface area (Å²) in [5, 5.41) is 14.2. The van der Waals surface area contributed by atoms with Crippen molar-refractivity contribution in [3.8, 4) is 11.4 Å². The topological polar surface area (TPSA) is 58.4 Å². The summed E-state index contributed by atoms with van der Waals surface area (Å²) >= 11 is 1.67. The molecule has 0 aliphatic carbocycles. The summed E-state index contributed by atoms with van der Waals surface area (Å²) in [5.74, 6) is 0.921. The Morgan fingerprint density at radius 3 is 2.54 bits per heavy atom. The van der Waals surface area contributed by atoms with Crippen LogP contribution in [-0.4, -0.2) is 38.0 Å². The van der Waals surface area contributed by atoms with Gasteiger partial charge in [0.1, 0.15) is 11.1 Å². The Bertz CT molecular complexity index is 983. The van der Waals surface area contributed by atoms with E-state index in [9.17, 15) is 9.90 Å². The van der Waals surface area contributed by atoms with E-state index in [1.807, 2.05) is 59.0 Å². The minimum Gasteiger partial charge on any atom is -0.508 e. The monoisotopic (exact) mass is 393 g/mol. The summed E-state index contributed by atoms with van der Waals surface area (Å²) in [6.07, 6.45) is 0.758. The SMILES string of the molecule is Cc1nn(-c2ccccc2)c(C)c1C1SCC(=O)N1CCc1ccc(O)cc1. The highest BCUT2D eigenvalue weighted by Gasteiger charge is 2.36. The van der Waals surface area contributed by atoms with Crippen LogP contribution in [0, 0.1) is 13.8 Å². The van der Waals surface area contributed by atoms with Gasteiger partial charge >= 0.3 is 0 Å². The van der Waals surface area contributed by atoms with Crippen molar-refractivity contribution in [1.82, 2.24) is 14.7 Å². The first kappa shape index (κ1) is 18.6. The van der Waals surface area contributed by atoms with Gasteiger partial charge in [-0.05, 0) is 50.1 Å². The molecule has 1 amide bonds. The van der Waals surface area contributed by atoms with Crippen molar-refractivity contribution in [2.75, 3.05) is 12.3 Å². The molecule has 4 rings (SSSR count). The minimum atomic E-state index is -0.0120. The smallest absolute Gasteiger partial charge is 0.233 e. The first-order valence-corrected chi connectivity index (χ1v) is 10.4. The predicted octanol–water partition coefficient (Wildman–Crippen LogP) is 4.01. The van der Waals surface area contributed by atoms with E-state index in [0.717, 1.165) is 34.6 Å². The number of phenolic OH excluding ortho intramolecular Hbond substituents is 1. The number of hydrogen-bond donors (Lipinski definition) is 1. The summed E-state index contributed by atoms with van der Waals surface area (Å²) in [6, 6.07) is 17.3. The van der Waals surface area contributed by atoms with Gasteiger partial charge in [-0.3, -0.25) is 4.79 Å². The number of hydrogen-bond acceptors (Lipinski definition) is 4. The molecule has 0 spiro atoms. The highest BCUT2D eigenvalue weighted by atomic mass is 32.2. The summed E-state index contributed by atoms with van der Waals surface area (Å²) in [7, 11) is 0. The lowest BCUT2D eigenvalue weighted by atomic mass is 10.1. The Labute approximate surface area is 169 Å². The van der Waals surface area contributed by atoms with Crippen molar-refractivity contribution in [1.29, 1.82) is 0 Å². The Morgan fingerprint density at radius 2 is 1.82 bits per heavy atom. The van der Waals surface area contributed by atoms with Gasteiger partial charge in [0, 0.05) is 17.8 Å². The van der Waals surface area contributed by atoms with Crippen LogP contribution in [0.15, 0.2) is 54.6 Å². The molecule has 1 aliphatic heterocycles. The van der Waals surface area contributed by atoms with Crippen LogP contribution in [0.1, 0.15) is 27.9 Å². The normalized spacial score (nSPS) is 16.7. The van der Waals surface area contributed by atoms with E-state index >= 15 is 0 Å². The molecule has 0 radical (unpaired) electrons. The highest BCUT2D eigenvalue weighted by molar-refractivity contribution is 8.00. The van der Waals surface area contributed by atoms with E-state index in [-0.39, 0.29) is 17.0 Å². The Balaban J connectivity index is 1.60. The molecule has 28 heavy (non-hydrogen) atoms. The molecule has 5 nitrogen and oxygen atoms in total. The van der Waals surface area contributed by atoms with Crippen LogP contribution in [0.4, 0.5) is 0 Å². The van der Waals surface area contributed by atoms with Crippen molar-refractivity contribution in [2.45, 2.75) is 25.6 Å². The van der Waals surface area contributed by atoms with Crippen molar-refractivity contribution < 1.29 is 9.90 Å². The van der Waals surface area contributed by atoms with E-state index in [0.29, 0.717) is 12.3 Å². The van der Waals surface area contributed by atoms with Gasteiger partial charge < -0.3 is 10.0 Å². The second-order valence-electron chi connectivity index (χ2n) is 7.00. The fraction of sp³-hybridized carbons (Fsp3) is 0.273. The lowest BCUT2D eigenvalue weighted by Gasteiger charge is -2.24. The number of aromatic nitrogens is 2. The van der Waals surface area contributed by atoms with Crippen LogP contribution in [0.5, 0.6) is 5.75 Å². The summed E-state index contributed by atoms with van der Waals surface area (Å²) < 4.78 is 1.96. The van der Waals surface area contributed by atoms with Crippen molar-refractivity contribution in [3.05, 3.63) is 77.1 Å². The average molecular weight is 394 g/mol. The van der Waals surface area contributed by atoms with E-state index in [1.165, 1.54) is 0 Å². The van der Waals surface area contributed by atoms with Gasteiger partial charge in [0.25, 0.3) is 0 Å². The molecule has 0 saturated carbocycles. The van der Waals surface area contributed by atoms with Gasteiger partial charge in [-0.1, -0.05) is 30.3 Å². The molecule has 2 aromatic carbocycles. The number of para-hydroxylation sites is 1. The molecule has 1 atom stereocenters. The van der Waals surface area contributed by atoms with E-state index in [4.69, 9.17) is 5.10 Å². The number of nitrogens with zero attached hydrogens (tertiary/aromatic N) is 3. The largest absolute Gasteiger partial charge is 0.508 e. The van der Waals surface area contributed by atoms with Gasteiger partial charge in [0.05, 0.1) is 17.1 Å². The van der Waals surface area contributed by atoms with E-state index in [1.54, 1.807) is 23.9 Å². The highest BCUT2D eigenvalue weighted by Crippen LogP contribution is 2.41. The lowest BCUT2D eigenvalue weighted by molar-refractivity contribution is -0.128. The first-order valence-electron chi connectivity index (χ1n) is 9.35. The first-order chi connectivity index (χ1) is 13.5. The summed E-state index contributed by atoms with van der Waals surface area (Å²) in [5.41, 5.74) is 5.30. The maximum absolute atomic E-state index is 12.6. The average Bonchev–Trinajstić information content (AvgIpc) is 3.20. The van der Waals surface area contributed by atoms with Gasteiger partial charge in [0.2, 0.25) is 5.91 Å². The predicted molar refractivity (Wildman–Crippen MR) is 112 cm³/mol. The zero-order valence-corrected chi connectivity index (χ0v) is 16.8. The maximum atomic E-state index is 12.6. The molecule has 2 heterocycles. The quantitative estimate of drug-likeness (QED) is 0.712. The van der Waals surface area contributed by atoms with Crippen LogP contribution in [0.25, 0.3) is 5.69 Å². The van der Waals surface area contributed by atoms with E-state index in [2.05, 4.69) is 6.92 Å². The second kappa shape index (κ2) is 7.72. The Kier molecular flexibility index (Phi) is 5.13. The molecule has 1 N–H and O–H groups in total. The van der Waals surface area contributed by atoms with Crippen LogP contribution in [0.2, 0.25) is 0 Å². The standard InChI is InChI=1S/C22H23N3O2S/c1-15-21(16(2)25(23-15)18-6-4-3-5-7-18)22-24(20(27)14-28-22)13-12-17-8-10-19(26)11-9-17/h3-11,22,26H,12-14H2,1-2H3. The molecule has 1 fully saturated rings. The molecule has 144 valence electrons. The van der Waals surface area contributed by atoms with Gasteiger partial charge in [-0.2, -0.15) is 5.10 Å². The fourth-order valence-corrected chi connectivity index (χ4v) is 5.06. The molecule has 1 aliphatic rings. The molecule has 1 saturated heterocycles. The van der Waals surface area contributed by atoms with E-state index < -0.39 is 0 Å². The van der Waals surface area contributed by atoms with Crippen LogP contribution >= 0.6 is 11.8 Å². The molecular weight excluding hydrogens is 370 g/mol. The minimum absolute atomic E-state index is 0.0120. The van der Waals surface area contributed by atoms with Gasteiger partial charge in [-0.15, -0.1) is 11.8 Å². The Morgan fingerprint density at radius 1 is 1.11 bits per heavy atom. The Hall–Kier alpha value is -2.73.